The number of hydrogen-bond acceptors (Lipinski definition) is 3. The summed E-state index contributed by atoms with van der Waals surface area (Å²) in [5.41, 5.74) is 1.58. The van der Waals surface area contributed by atoms with Gasteiger partial charge in [0, 0.05) is 18.2 Å². The fraction of sp³-hybridized carbons (Fsp3) is 0.176. The van der Waals surface area contributed by atoms with Gasteiger partial charge >= 0.3 is 0 Å². The summed E-state index contributed by atoms with van der Waals surface area (Å²) < 4.78 is 0. The van der Waals surface area contributed by atoms with Crippen LogP contribution in [0.5, 0.6) is 0 Å². The predicted molar refractivity (Wildman–Crippen MR) is 85.2 cm³/mol. The predicted octanol–water partition coefficient (Wildman–Crippen LogP) is 2.70. The van der Waals surface area contributed by atoms with Crippen LogP contribution in [0.1, 0.15) is 12.6 Å². The SMILES string of the molecule is CCNCc1cc(=O)[nH]c(-c2cccc3ccccc23)n1. The van der Waals surface area contributed by atoms with Crippen molar-refractivity contribution in [2.45, 2.75) is 13.5 Å². The minimum absolute atomic E-state index is 0.124. The van der Waals surface area contributed by atoms with Gasteiger partial charge in [-0.2, -0.15) is 0 Å². The highest BCUT2D eigenvalue weighted by atomic mass is 16.1. The van der Waals surface area contributed by atoms with Crippen LogP contribution in [0.4, 0.5) is 0 Å². The Hall–Kier alpha value is -2.46. The molecule has 0 fully saturated rings. The molecule has 0 saturated carbocycles. The average Bonchev–Trinajstić information content (AvgIpc) is 2.52. The summed E-state index contributed by atoms with van der Waals surface area (Å²) in [6, 6.07) is 15.7. The van der Waals surface area contributed by atoms with E-state index in [1.54, 1.807) is 0 Å². The highest BCUT2D eigenvalue weighted by Gasteiger charge is 2.07. The lowest BCUT2D eigenvalue weighted by atomic mass is 10.0. The van der Waals surface area contributed by atoms with E-state index in [2.05, 4.69) is 27.4 Å². The monoisotopic (exact) mass is 279 g/mol. The van der Waals surface area contributed by atoms with Gasteiger partial charge in [-0.25, -0.2) is 4.98 Å². The highest BCUT2D eigenvalue weighted by Crippen LogP contribution is 2.25. The Morgan fingerprint density at radius 2 is 1.95 bits per heavy atom. The van der Waals surface area contributed by atoms with Crippen molar-refractivity contribution in [2.75, 3.05) is 6.54 Å². The summed E-state index contributed by atoms with van der Waals surface area (Å²) in [6.07, 6.45) is 0. The third kappa shape index (κ3) is 2.85. The molecule has 0 saturated heterocycles. The first-order valence-electron chi connectivity index (χ1n) is 7.07. The van der Waals surface area contributed by atoms with Crippen LogP contribution in [0.25, 0.3) is 22.2 Å². The van der Waals surface area contributed by atoms with Gasteiger partial charge in [-0.1, -0.05) is 49.4 Å². The molecule has 4 nitrogen and oxygen atoms in total. The van der Waals surface area contributed by atoms with Crippen molar-refractivity contribution < 1.29 is 0 Å². The Balaban J connectivity index is 2.14. The first-order chi connectivity index (χ1) is 10.3. The first kappa shape index (κ1) is 13.5. The number of aromatic nitrogens is 2. The van der Waals surface area contributed by atoms with E-state index in [9.17, 15) is 4.79 Å². The molecule has 0 amide bonds. The van der Waals surface area contributed by atoms with Crippen molar-refractivity contribution in [1.29, 1.82) is 0 Å². The molecule has 0 radical (unpaired) electrons. The first-order valence-corrected chi connectivity index (χ1v) is 7.07. The van der Waals surface area contributed by atoms with E-state index in [-0.39, 0.29) is 5.56 Å². The zero-order valence-corrected chi connectivity index (χ0v) is 11.9. The van der Waals surface area contributed by atoms with E-state index in [0.29, 0.717) is 12.4 Å². The summed E-state index contributed by atoms with van der Waals surface area (Å²) in [7, 11) is 0. The lowest BCUT2D eigenvalue weighted by Crippen LogP contribution is -2.17. The van der Waals surface area contributed by atoms with Crippen LogP contribution in [-0.2, 0) is 6.54 Å². The molecule has 21 heavy (non-hydrogen) atoms. The van der Waals surface area contributed by atoms with Gasteiger partial charge in [0.2, 0.25) is 0 Å². The van der Waals surface area contributed by atoms with Crippen molar-refractivity contribution in [3.05, 3.63) is 64.6 Å². The standard InChI is InChI=1S/C17H17N3O/c1-2-18-11-13-10-16(21)20-17(19-13)15-9-5-7-12-6-3-4-8-14(12)15/h3-10,18H,2,11H2,1H3,(H,19,20,21). The van der Waals surface area contributed by atoms with Gasteiger partial charge < -0.3 is 10.3 Å². The van der Waals surface area contributed by atoms with Crippen molar-refractivity contribution in [3.63, 3.8) is 0 Å². The molecule has 0 spiro atoms. The molecule has 0 unspecified atom stereocenters. The number of nitrogens with zero attached hydrogens (tertiary/aromatic N) is 1. The molecule has 106 valence electrons. The minimum Gasteiger partial charge on any atom is -0.311 e. The number of rotatable bonds is 4. The van der Waals surface area contributed by atoms with Crippen LogP contribution >= 0.6 is 0 Å². The number of fused-ring (bicyclic) bond motifs is 1. The van der Waals surface area contributed by atoms with E-state index in [4.69, 9.17) is 0 Å². The Kier molecular flexibility index (Phi) is 3.79. The molecule has 1 aromatic heterocycles. The smallest absolute Gasteiger partial charge is 0.251 e. The summed E-state index contributed by atoms with van der Waals surface area (Å²) in [5.74, 6) is 0.618. The van der Waals surface area contributed by atoms with Gasteiger partial charge in [0.05, 0.1) is 5.69 Å². The van der Waals surface area contributed by atoms with E-state index in [1.165, 1.54) is 6.07 Å². The molecule has 3 aromatic rings. The Labute approximate surface area is 122 Å². The van der Waals surface area contributed by atoms with E-state index >= 15 is 0 Å². The summed E-state index contributed by atoms with van der Waals surface area (Å²) >= 11 is 0. The van der Waals surface area contributed by atoms with Crippen LogP contribution in [0.3, 0.4) is 0 Å². The lowest BCUT2D eigenvalue weighted by molar-refractivity contribution is 0.708. The fourth-order valence-electron chi connectivity index (χ4n) is 2.41. The molecule has 4 heteroatoms. The molecule has 0 bridgehead atoms. The van der Waals surface area contributed by atoms with E-state index in [0.717, 1.165) is 28.6 Å². The van der Waals surface area contributed by atoms with Crippen LogP contribution in [0, 0.1) is 0 Å². The largest absolute Gasteiger partial charge is 0.311 e. The van der Waals surface area contributed by atoms with E-state index in [1.807, 2.05) is 37.3 Å². The van der Waals surface area contributed by atoms with E-state index < -0.39 is 0 Å². The van der Waals surface area contributed by atoms with Crippen LogP contribution < -0.4 is 10.9 Å². The van der Waals surface area contributed by atoms with Crippen molar-refractivity contribution in [2.24, 2.45) is 0 Å². The second-order valence-electron chi connectivity index (χ2n) is 4.89. The maximum atomic E-state index is 11.9. The third-order valence-corrected chi connectivity index (χ3v) is 3.40. The van der Waals surface area contributed by atoms with Gasteiger partial charge in [-0.05, 0) is 17.3 Å². The number of aromatic amines is 1. The van der Waals surface area contributed by atoms with Crippen LogP contribution in [0.15, 0.2) is 53.3 Å². The number of benzene rings is 2. The number of hydrogen-bond donors (Lipinski definition) is 2. The maximum Gasteiger partial charge on any atom is 0.251 e. The third-order valence-electron chi connectivity index (χ3n) is 3.40. The highest BCUT2D eigenvalue weighted by molar-refractivity contribution is 5.94. The summed E-state index contributed by atoms with van der Waals surface area (Å²) in [5, 5.41) is 5.41. The van der Waals surface area contributed by atoms with Crippen molar-refractivity contribution in [3.8, 4) is 11.4 Å². The second-order valence-corrected chi connectivity index (χ2v) is 4.89. The summed E-state index contributed by atoms with van der Waals surface area (Å²) in [4.78, 5) is 19.3. The van der Waals surface area contributed by atoms with Crippen LogP contribution in [-0.4, -0.2) is 16.5 Å². The van der Waals surface area contributed by atoms with Crippen LogP contribution in [0.2, 0.25) is 0 Å². The van der Waals surface area contributed by atoms with Crippen molar-refractivity contribution >= 4 is 10.8 Å². The molecular weight excluding hydrogens is 262 g/mol. The Bertz CT molecular complexity index is 818. The molecule has 2 aromatic carbocycles. The number of nitrogens with one attached hydrogen (secondary N) is 2. The maximum absolute atomic E-state index is 11.9. The van der Waals surface area contributed by atoms with Gasteiger partial charge in [0.1, 0.15) is 5.82 Å². The molecule has 1 heterocycles. The molecular formula is C17H17N3O. The molecule has 2 N–H and O–H groups in total. The molecule has 3 rings (SSSR count). The van der Waals surface area contributed by atoms with Crippen molar-refractivity contribution in [1.82, 2.24) is 15.3 Å². The molecule has 0 aliphatic rings. The Morgan fingerprint density at radius 3 is 2.81 bits per heavy atom. The van der Waals surface area contributed by atoms with Gasteiger partial charge in [-0.15, -0.1) is 0 Å². The Morgan fingerprint density at radius 1 is 1.14 bits per heavy atom. The van der Waals surface area contributed by atoms with Gasteiger partial charge in [0.15, 0.2) is 0 Å². The van der Waals surface area contributed by atoms with Gasteiger partial charge in [-0.3, -0.25) is 4.79 Å². The minimum atomic E-state index is -0.124. The normalized spacial score (nSPS) is 10.9. The zero-order chi connectivity index (χ0) is 14.7. The molecule has 0 atom stereocenters. The summed E-state index contributed by atoms with van der Waals surface area (Å²) in [6.45, 7) is 3.47. The fourth-order valence-corrected chi connectivity index (χ4v) is 2.41. The number of H-pyrrole nitrogens is 1. The average molecular weight is 279 g/mol. The quantitative estimate of drug-likeness (QED) is 0.772. The topological polar surface area (TPSA) is 57.8 Å². The zero-order valence-electron chi connectivity index (χ0n) is 11.9. The molecule has 0 aliphatic carbocycles. The lowest BCUT2D eigenvalue weighted by Gasteiger charge is -2.08. The second kappa shape index (κ2) is 5.89. The van der Waals surface area contributed by atoms with Gasteiger partial charge in [0.25, 0.3) is 5.56 Å². The molecule has 0 aliphatic heterocycles.